The number of guanidine groups is 1. The molecule has 0 aliphatic carbocycles. The Bertz CT molecular complexity index is 750. The van der Waals surface area contributed by atoms with E-state index in [0.29, 0.717) is 6.61 Å². The van der Waals surface area contributed by atoms with Crippen LogP contribution in [0.4, 0.5) is 5.82 Å². The van der Waals surface area contributed by atoms with Crippen molar-refractivity contribution in [3.63, 3.8) is 0 Å². The predicted octanol–water partition coefficient (Wildman–Crippen LogP) is 3.26. The Labute approximate surface area is 196 Å². The summed E-state index contributed by atoms with van der Waals surface area (Å²) in [6.07, 6.45) is 2.72. The van der Waals surface area contributed by atoms with Gasteiger partial charge in [0.15, 0.2) is 5.96 Å². The summed E-state index contributed by atoms with van der Waals surface area (Å²) in [6.45, 7) is 8.11. The Kier molecular flexibility index (Phi) is 10.5. The third-order valence-corrected chi connectivity index (χ3v) is 4.78. The van der Waals surface area contributed by atoms with E-state index < -0.39 is 0 Å². The molecule has 2 heterocycles. The van der Waals surface area contributed by atoms with E-state index in [-0.39, 0.29) is 24.0 Å². The number of aromatic nitrogens is 1. The molecule has 2 aromatic rings. The molecule has 8 heteroatoms. The highest BCUT2D eigenvalue weighted by Gasteiger charge is 2.20. The van der Waals surface area contributed by atoms with E-state index in [1.165, 1.54) is 0 Å². The fraction of sp³-hybridized carbons (Fsp3) is 0.455. The van der Waals surface area contributed by atoms with E-state index in [0.717, 1.165) is 69.0 Å². The second-order valence-electron chi connectivity index (χ2n) is 6.78. The summed E-state index contributed by atoms with van der Waals surface area (Å²) in [5.41, 5.74) is 0. The van der Waals surface area contributed by atoms with Gasteiger partial charge < -0.3 is 24.6 Å². The van der Waals surface area contributed by atoms with Crippen LogP contribution in [-0.4, -0.2) is 68.8 Å². The number of anilines is 1. The number of nitrogens with one attached hydrogen (secondary N) is 1. The monoisotopic (exact) mass is 525 g/mol. The molecule has 0 saturated carbocycles. The van der Waals surface area contributed by atoms with Crippen molar-refractivity contribution in [2.45, 2.75) is 13.3 Å². The first-order chi connectivity index (χ1) is 14.3. The molecule has 0 radical (unpaired) electrons. The number of piperazine rings is 1. The zero-order valence-electron chi connectivity index (χ0n) is 17.8. The zero-order valence-corrected chi connectivity index (χ0v) is 20.1. The smallest absolute Gasteiger partial charge is 0.194 e. The van der Waals surface area contributed by atoms with Gasteiger partial charge in [0.05, 0.1) is 13.7 Å². The summed E-state index contributed by atoms with van der Waals surface area (Å²) in [7, 11) is 1.66. The maximum absolute atomic E-state index is 5.78. The summed E-state index contributed by atoms with van der Waals surface area (Å²) >= 11 is 0. The van der Waals surface area contributed by atoms with Gasteiger partial charge in [0.25, 0.3) is 0 Å². The van der Waals surface area contributed by atoms with Crippen molar-refractivity contribution in [2.75, 3.05) is 57.9 Å². The lowest BCUT2D eigenvalue weighted by molar-refractivity contribution is 0.312. The van der Waals surface area contributed by atoms with E-state index in [9.17, 15) is 0 Å². The van der Waals surface area contributed by atoms with Crippen LogP contribution in [0.2, 0.25) is 0 Å². The summed E-state index contributed by atoms with van der Waals surface area (Å²) in [5.74, 6) is 3.72. The minimum absolute atomic E-state index is 0. The van der Waals surface area contributed by atoms with Gasteiger partial charge in [0, 0.05) is 51.9 Å². The Morgan fingerprint density at radius 3 is 2.43 bits per heavy atom. The third-order valence-electron chi connectivity index (χ3n) is 4.78. The van der Waals surface area contributed by atoms with Crippen molar-refractivity contribution in [1.82, 2.24) is 15.2 Å². The van der Waals surface area contributed by atoms with Gasteiger partial charge in [-0.25, -0.2) is 4.98 Å². The first-order valence-electron chi connectivity index (χ1n) is 10.3. The molecule has 1 aromatic carbocycles. The summed E-state index contributed by atoms with van der Waals surface area (Å²) in [6, 6.07) is 13.7. The molecule has 1 saturated heterocycles. The quantitative estimate of drug-likeness (QED) is 0.247. The Morgan fingerprint density at radius 2 is 1.80 bits per heavy atom. The van der Waals surface area contributed by atoms with E-state index in [1.54, 1.807) is 7.11 Å². The van der Waals surface area contributed by atoms with Crippen LogP contribution >= 0.6 is 24.0 Å². The molecule has 3 rings (SSSR count). The van der Waals surface area contributed by atoms with Crippen molar-refractivity contribution in [3.05, 3.63) is 48.7 Å². The summed E-state index contributed by atoms with van der Waals surface area (Å²) < 4.78 is 10.9. The number of halogens is 1. The highest BCUT2D eigenvalue weighted by Crippen LogP contribution is 2.17. The number of hydrogen-bond acceptors (Lipinski definition) is 5. The number of nitrogens with zero attached hydrogens (tertiary/aromatic N) is 4. The molecule has 1 fully saturated rings. The van der Waals surface area contributed by atoms with Crippen LogP contribution in [0.5, 0.6) is 11.5 Å². The van der Waals surface area contributed by atoms with E-state index in [1.807, 2.05) is 42.6 Å². The lowest BCUT2D eigenvalue weighted by atomic mass is 10.3. The minimum Gasteiger partial charge on any atom is -0.497 e. The first kappa shape index (κ1) is 24.0. The Balaban J connectivity index is 0.00000320. The standard InChI is InChI=1S/C22H31N5O2.HI/c1-3-23-22(25-13-6-18-29-20-10-8-19(28-2)9-11-20)27-16-14-26(15-17-27)21-7-4-5-12-24-21;/h4-5,7-12H,3,6,13-18H2,1-2H3,(H,23,25);1H. The lowest BCUT2D eigenvalue weighted by Gasteiger charge is -2.37. The molecule has 1 aromatic heterocycles. The van der Waals surface area contributed by atoms with Crippen LogP contribution in [0, 0.1) is 0 Å². The predicted molar refractivity (Wildman–Crippen MR) is 133 cm³/mol. The molecule has 0 amide bonds. The van der Waals surface area contributed by atoms with Gasteiger partial charge >= 0.3 is 0 Å². The number of methoxy groups -OCH3 is 1. The molecular weight excluding hydrogens is 493 g/mol. The molecule has 30 heavy (non-hydrogen) atoms. The number of pyridine rings is 1. The van der Waals surface area contributed by atoms with Gasteiger partial charge in [-0.2, -0.15) is 0 Å². The van der Waals surface area contributed by atoms with Crippen LogP contribution in [-0.2, 0) is 0 Å². The average molecular weight is 525 g/mol. The molecule has 1 N–H and O–H groups in total. The average Bonchev–Trinajstić information content (AvgIpc) is 2.79. The van der Waals surface area contributed by atoms with Crippen LogP contribution in [0.15, 0.2) is 53.7 Å². The van der Waals surface area contributed by atoms with Gasteiger partial charge in [-0.1, -0.05) is 6.07 Å². The topological polar surface area (TPSA) is 62.2 Å². The van der Waals surface area contributed by atoms with Crippen LogP contribution in [0.1, 0.15) is 13.3 Å². The normalized spacial score (nSPS) is 14.1. The van der Waals surface area contributed by atoms with Gasteiger partial charge in [0.1, 0.15) is 17.3 Å². The van der Waals surface area contributed by atoms with Crippen LogP contribution in [0.25, 0.3) is 0 Å². The van der Waals surface area contributed by atoms with Crippen molar-refractivity contribution in [3.8, 4) is 11.5 Å². The molecule has 164 valence electrons. The molecule has 0 spiro atoms. The van der Waals surface area contributed by atoms with Crippen molar-refractivity contribution in [2.24, 2.45) is 4.99 Å². The number of rotatable bonds is 8. The SMILES string of the molecule is CCNC(=NCCCOc1ccc(OC)cc1)N1CCN(c2ccccn2)CC1.I. The number of aliphatic imine (C=N–C) groups is 1. The van der Waals surface area contributed by atoms with E-state index in [4.69, 9.17) is 14.5 Å². The zero-order chi connectivity index (χ0) is 20.3. The highest BCUT2D eigenvalue weighted by molar-refractivity contribution is 14.0. The summed E-state index contributed by atoms with van der Waals surface area (Å²) in [4.78, 5) is 13.9. The van der Waals surface area contributed by atoms with Crippen molar-refractivity contribution in [1.29, 1.82) is 0 Å². The molecule has 1 aliphatic heterocycles. The van der Waals surface area contributed by atoms with Crippen molar-refractivity contribution >= 4 is 35.8 Å². The van der Waals surface area contributed by atoms with Gasteiger partial charge in [-0.05, 0) is 43.3 Å². The number of benzene rings is 1. The van der Waals surface area contributed by atoms with E-state index >= 15 is 0 Å². The lowest BCUT2D eigenvalue weighted by Crippen LogP contribution is -2.52. The molecule has 7 nitrogen and oxygen atoms in total. The molecule has 0 bridgehead atoms. The molecule has 1 aliphatic rings. The van der Waals surface area contributed by atoms with Gasteiger partial charge in [0.2, 0.25) is 0 Å². The highest BCUT2D eigenvalue weighted by atomic mass is 127. The molecule has 0 unspecified atom stereocenters. The second kappa shape index (κ2) is 13.1. The maximum atomic E-state index is 5.78. The molecule has 0 atom stereocenters. The first-order valence-corrected chi connectivity index (χ1v) is 10.3. The van der Waals surface area contributed by atoms with Gasteiger partial charge in [-0.15, -0.1) is 24.0 Å². The van der Waals surface area contributed by atoms with E-state index in [2.05, 4.69) is 33.1 Å². The van der Waals surface area contributed by atoms with Crippen LogP contribution < -0.4 is 19.7 Å². The van der Waals surface area contributed by atoms with Crippen LogP contribution in [0.3, 0.4) is 0 Å². The summed E-state index contributed by atoms with van der Waals surface area (Å²) in [5, 5.41) is 3.42. The maximum Gasteiger partial charge on any atom is 0.194 e. The fourth-order valence-corrected chi connectivity index (χ4v) is 3.23. The Morgan fingerprint density at radius 1 is 1.07 bits per heavy atom. The minimum atomic E-state index is 0. The van der Waals surface area contributed by atoms with Gasteiger partial charge in [-0.3, -0.25) is 4.99 Å². The molecular formula is C22H32IN5O2. The second-order valence-corrected chi connectivity index (χ2v) is 6.78. The van der Waals surface area contributed by atoms with Crippen molar-refractivity contribution < 1.29 is 9.47 Å². The number of ether oxygens (including phenoxy) is 2. The largest absolute Gasteiger partial charge is 0.497 e. The third kappa shape index (κ3) is 7.23. The Hall–Kier alpha value is -2.23. The fourth-order valence-electron chi connectivity index (χ4n) is 3.23. The number of hydrogen-bond donors (Lipinski definition) is 1.